The van der Waals surface area contributed by atoms with Gasteiger partial charge in [-0.15, -0.1) is 0 Å². The van der Waals surface area contributed by atoms with Crippen molar-refractivity contribution in [3.8, 4) is 5.75 Å². The fourth-order valence-corrected chi connectivity index (χ4v) is 1.65. The molecule has 0 fully saturated rings. The molecule has 0 radical (unpaired) electrons. The molecule has 3 nitrogen and oxygen atoms in total. The lowest BCUT2D eigenvalue weighted by molar-refractivity contribution is 0.153. The van der Waals surface area contributed by atoms with Gasteiger partial charge in [0, 0.05) is 24.6 Å². The molecular weight excluding hydrogens is 226 g/mol. The number of rotatable bonds is 7. The molecule has 1 aromatic rings. The Morgan fingerprint density at radius 1 is 1.22 bits per heavy atom. The normalized spacial score (nSPS) is 13.6. The van der Waals surface area contributed by atoms with Gasteiger partial charge in [-0.1, -0.05) is 26.0 Å². The van der Waals surface area contributed by atoms with Crippen molar-refractivity contribution >= 4 is 0 Å². The Bertz CT molecular complexity index is 346. The fraction of sp³-hybridized carbons (Fsp3) is 0.600. The minimum Gasteiger partial charge on any atom is -0.508 e. The lowest BCUT2D eigenvalue weighted by atomic mass is 9.94. The number of hydrogen-bond donors (Lipinski definition) is 3. The third-order valence-corrected chi connectivity index (χ3v) is 3.16. The van der Waals surface area contributed by atoms with Crippen molar-refractivity contribution in [1.82, 2.24) is 5.32 Å². The lowest BCUT2D eigenvalue weighted by Gasteiger charge is -2.25. The van der Waals surface area contributed by atoms with E-state index in [9.17, 15) is 10.2 Å². The van der Waals surface area contributed by atoms with Crippen LogP contribution < -0.4 is 5.32 Å². The van der Waals surface area contributed by atoms with E-state index < -0.39 is 0 Å². The summed E-state index contributed by atoms with van der Waals surface area (Å²) in [5, 5.41) is 21.8. The van der Waals surface area contributed by atoms with Gasteiger partial charge < -0.3 is 15.5 Å². The first-order valence-corrected chi connectivity index (χ1v) is 6.55. The first-order valence-electron chi connectivity index (χ1n) is 6.55. The maximum absolute atomic E-state index is 9.20. The van der Waals surface area contributed by atoms with Crippen LogP contribution in [-0.4, -0.2) is 29.4 Å². The minimum atomic E-state index is -0.0627. The number of phenolic OH excluding ortho intramolecular Hbond substituents is 1. The average molecular weight is 251 g/mol. The summed E-state index contributed by atoms with van der Waals surface area (Å²) in [5.74, 6) is 0.314. The van der Waals surface area contributed by atoms with Crippen molar-refractivity contribution in [1.29, 1.82) is 0 Å². The number of aliphatic hydroxyl groups is 1. The van der Waals surface area contributed by atoms with Crippen LogP contribution in [0.25, 0.3) is 0 Å². The molecule has 0 aliphatic rings. The predicted molar refractivity (Wildman–Crippen MR) is 74.8 cm³/mol. The van der Waals surface area contributed by atoms with E-state index in [2.05, 4.69) is 12.2 Å². The molecular formula is C15H25NO2. The highest BCUT2D eigenvalue weighted by atomic mass is 16.3. The summed E-state index contributed by atoms with van der Waals surface area (Å²) in [6.45, 7) is 7.28. The van der Waals surface area contributed by atoms with Gasteiger partial charge in [-0.25, -0.2) is 0 Å². The fourth-order valence-electron chi connectivity index (χ4n) is 1.65. The molecule has 0 spiro atoms. The Morgan fingerprint density at radius 2 is 1.83 bits per heavy atom. The van der Waals surface area contributed by atoms with E-state index in [-0.39, 0.29) is 12.0 Å². The van der Waals surface area contributed by atoms with Crippen molar-refractivity contribution in [3.05, 3.63) is 29.8 Å². The average Bonchev–Trinajstić information content (AvgIpc) is 2.36. The number of phenols is 1. The van der Waals surface area contributed by atoms with Gasteiger partial charge in [0.25, 0.3) is 0 Å². The first-order chi connectivity index (χ1) is 8.43. The van der Waals surface area contributed by atoms with E-state index in [1.165, 1.54) is 5.56 Å². The highest BCUT2D eigenvalue weighted by molar-refractivity contribution is 5.25. The zero-order valence-corrected chi connectivity index (χ0v) is 11.6. The van der Waals surface area contributed by atoms with Gasteiger partial charge in [0.15, 0.2) is 0 Å². The molecule has 0 aliphatic heterocycles. The van der Waals surface area contributed by atoms with Crippen LogP contribution in [0.3, 0.4) is 0 Å². The quantitative estimate of drug-likeness (QED) is 0.697. The Kier molecular flexibility index (Phi) is 5.63. The summed E-state index contributed by atoms with van der Waals surface area (Å²) in [6.07, 6.45) is 2.04. The number of aromatic hydroxyl groups is 1. The topological polar surface area (TPSA) is 52.5 Å². The molecule has 0 aliphatic carbocycles. The highest BCUT2D eigenvalue weighted by Gasteiger charge is 2.16. The zero-order chi connectivity index (χ0) is 13.6. The summed E-state index contributed by atoms with van der Waals surface area (Å²) in [4.78, 5) is 0. The zero-order valence-electron chi connectivity index (χ0n) is 11.6. The van der Waals surface area contributed by atoms with Gasteiger partial charge in [-0.2, -0.15) is 0 Å². The summed E-state index contributed by atoms with van der Waals surface area (Å²) in [6, 6.07) is 7.79. The second-order valence-electron chi connectivity index (χ2n) is 5.81. The SMILES string of the molecule is CC(CCc1ccc(O)cc1)NCC(C)(C)CO. The van der Waals surface area contributed by atoms with Gasteiger partial charge in [-0.3, -0.25) is 0 Å². The molecule has 1 atom stereocenters. The molecule has 0 bridgehead atoms. The van der Waals surface area contributed by atoms with E-state index in [1.54, 1.807) is 12.1 Å². The van der Waals surface area contributed by atoms with E-state index in [0.717, 1.165) is 19.4 Å². The van der Waals surface area contributed by atoms with Gasteiger partial charge in [0.1, 0.15) is 5.75 Å². The van der Waals surface area contributed by atoms with Gasteiger partial charge in [-0.05, 0) is 37.5 Å². The smallest absolute Gasteiger partial charge is 0.115 e. The molecule has 102 valence electrons. The van der Waals surface area contributed by atoms with Crippen LogP contribution in [0.4, 0.5) is 0 Å². The van der Waals surface area contributed by atoms with Crippen molar-refractivity contribution in [2.45, 2.75) is 39.7 Å². The van der Waals surface area contributed by atoms with Crippen LogP contribution in [0.2, 0.25) is 0 Å². The maximum atomic E-state index is 9.20. The lowest BCUT2D eigenvalue weighted by Crippen LogP contribution is -2.37. The summed E-state index contributed by atoms with van der Waals surface area (Å²) < 4.78 is 0. The van der Waals surface area contributed by atoms with E-state index in [4.69, 9.17) is 0 Å². The van der Waals surface area contributed by atoms with E-state index in [0.29, 0.717) is 11.8 Å². The number of benzene rings is 1. The summed E-state index contributed by atoms with van der Waals surface area (Å²) in [5.41, 5.74) is 1.18. The largest absolute Gasteiger partial charge is 0.508 e. The Labute approximate surface area is 110 Å². The van der Waals surface area contributed by atoms with E-state index >= 15 is 0 Å². The second-order valence-corrected chi connectivity index (χ2v) is 5.81. The van der Waals surface area contributed by atoms with Gasteiger partial charge in [0.05, 0.1) is 0 Å². The molecule has 1 unspecified atom stereocenters. The molecule has 18 heavy (non-hydrogen) atoms. The molecule has 0 amide bonds. The Morgan fingerprint density at radius 3 is 2.39 bits per heavy atom. The minimum absolute atomic E-state index is 0.0627. The third kappa shape index (κ3) is 5.52. The second kappa shape index (κ2) is 6.76. The Balaban J connectivity index is 2.29. The molecule has 0 saturated carbocycles. The molecule has 3 N–H and O–H groups in total. The highest BCUT2D eigenvalue weighted by Crippen LogP contribution is 2.14. The molecule has 0 aromatic heterocycles. The molecule has 1 aromatic carbocycles. The monoisotopic (exact) mass is 251 g/mol. The van der Waals surface area contributed by atoms with Crippen molar-refractivity contribution < 1.29 is 10.2 Å². The van der Waals surface area contributed by atoms with Crippen molar-refractivity contribution in [2.24, 2.45) is 5.41 Å². The Hall–Kier alpha value is -1.06. The van der Waals surface area contributed by atoms with Crippen LogP contribution in [0.5, 0.6) is 5.75 Å². The van der Waals surface area contributed by atoms with Crippen LogP contribution in [-0.2, 0) is 6.42 Å². The third-order valence-electron chi connectivity index (χ3n) is 3.16. The number of aryl methyl sites for hydroxylation is 1. The van der Waals surface area contributed by atoms with Crippen molar-refractivity contribution in [2.75, 3.05) is 13.2 Å². The summed E-state index contributed by atoms with van der Waals surface area (Å²) in [7, 11) is 0. The molecule has 3 heteroatoms. The number of hydrogen-bond acceptors (Lipinski definition) is 3. The number of aliphatic hydroxyl groups excluding tert-OH is 1. The molecule has 1 rings (SSSR count). The summed E-state index contributed by atoms with van der Waals surface area (Å²) >= 11 is 0. The van der Waals surface area contributed by atoms with Crippen LogP contribution in [0, 0.1) is 5.41 Å². The van der Waals surface area contributed by atoms with E-state index in [1.807, 2.05) is 26.0 Å². The predicted octanol–water partition coefficient (Wildman–Crippen LogP) is 2.32. The van der Waals surface area contributed by atoms with Crippen LogP contribution >= 0.6 is 0 Å². The van der Waals surface area contributed by atoms with Gasteiger partial charge >= 0.3 is 0 Å². The maximum Gasteiger partial charge on any atom is 0.115 e. The van der Waals surface area contributed by atoms with Crippen LogP contribution in [0.1, 0.15) is 32.8 Å². The van der Waals surface area contributed by atoms with Gasteiger partial charge in [0.2, 0.25) is 0 Å². The van der Waals surface area contributed by atoms with Crippen LogP contribution in [0.15, 0.2) is 24.3 Å². The number of nitrogens with one attached hydrogen (secondary N) is 1. The standard InChI is InChI=1S/C15H25NO2/c1-12(16-10-15(2,3)11-17)4-5-13-6-8-14(18)9-7-13/h6-9,12,16-18H,4-5,10-11H2,1-3H3. The molecule has 0 heterocycles. The van der Waals surface area contributed by atoms with Crippen molar-refractivity contribution in [3.63, 3.8) is 0 Å². The molecule has 0 saturated heterocycles. The first kappa shape index (κ1) is 15.0.